The van der Waals surface area contributed by atoms with Crippen LogP contribution in [0.15, 0.2) is 71.5 Å². The second kappa shape index (κ2) is 8.99. The zero-order valence-corrected chi connectivity index (χ0v) is 17.4. The van der Waals surface area contributed by atoms with Crippen molar-refractivity contribution in [2.75, 3.05) is 11.9 Å². The van der Waals surface area contributed by atoms with Gasteiger partial charge in [0.25, 0.3) is 11.5 Å². The first-order valence-corrected chi connectivity index (χ1v) is 9.95. The number of carbonyl (C=O) groups excluding carboxylic acids is 2. The minimum absolute atomic E-state index is 0.0716. The molecule has 0 aliphatic carbocycles. The second-order valence-electron chi connectivity index (χ2n) is 7.22. The molecule has 0 spiro atoms. The maximum Gasteiger partial charge on any atom is 0.265 e. The summed E-state index contributed by atoms with van der Waals surface area (Å²) in [6, 6.07) is 16.3. The van der Waals surface area contributed by atoms with E-state index >= 15 is 0 Å². The number of hydrogen-bond donors (Lipinski definition) is 2. The Hall–Kier alpha value is -4.40. The summed E-state index contributed by atoms with van der Waals surface area (Å²) in [5, 5.41) is 5.30. The lowest BCUT2D eigenvalue weighted by Gasteiger charge is -2.12. The molecule has 166 valence electrons. The number of benzene rings is 3. The maximum atomic E-state index is 13.2. The van der Waals surface area contributed by atoms with Crippen LogP contribution in [-0.4, -0.2) is 27.9 Å². The van der Waals surface area contributed by atoms with Crippen LogP contribution in [0.2, 0.25) is 0 Å². The average molecular weight is 448 g/mol. The molecule has 4 aromatic rings. The molecule has 0 radical (unpaired) electrons. The molecule has 2 N–H and O–H groups in total. The predicted octanol–water partition coefficient (Wildman–Crippen LogP) is 3.34. The summed E-state index contributed by atoms with van der Waals surface area (Å²) in [4.78, 5) is 41.7. The molecule has 0 bridgehead atoms. The van der Waals surface area contributed by atoms with Crippen molar-refractivity contribution in [2.24, 2.45) is 0 Å². The summed E-state index contributed by atoms with van der Waals surface area (Å²) in [6.45, 7) is 1.35. The highest BCUT2D eigenvalue weighted by Gasteiger charge is 2.12. The molecule has 0 aliphatic heterocycles. The van der Waals surface area contributed by atoms with Gasteiger partial charge in [0.05, 0.1) is 23.1 Å². The Labute approximate surface area is 186 Å². The second-order valence-corrected chi connectivity index (χ2v) is 7.22. The lowest BCUT2D eigenvalue weighted by Crippen LogP contribution is -2.32. The van der Waals surface area contributed by atoms with Gasteiger partial charge < -0.3 is 10.6 Å². The van der Waals surface area contributed by atoms with Crippen molar-refractivity contribution >= 4 is 28.4 Å². The van der Waals surface area contributed by atoms with Gasteiger partial charge in [-0.1, -0.05) is 12.1 Å². The lowest BCUT2D eigenvalue weighted by molar-refractivity contribution is -0.115. The number of aryl methyl sites for hydroxylation is 1. The molecule has 0 saturated heterocycles. The van der Waals surface area contributed by atoms with E-state index < -0.39 is 23.4 Å². The Bertz CT molecular complexity index is 1430. The third-order valence-corrected chi connectivity index (χ3v) is 4.94. The summed E-state index contributed by atoms with van der Waals surface area (Å²) in [5.74, 6) is -2.72. The Balaban J connectivity index is 1.44. The first kappa shape index (κ1) is 21.8. The number of amides is 2. The van der Waals surface area contributed by atoms with Gasteiger partial charge in [-0.25, -0.2) is 13.8 Å². The predicted molar refractivity (Wildman–Crippen MR) is 119 cm³/mol. The standard InChI is InChI=1S/C24H18F2N4O3/c1-14-28-21-5-3-2-4-18(21)24(33)30(14)17-9-6-15(7-10-17)23(32)27-13-22(31)29-16-8-11-19(25)20(26)12-16/h2-12H,13H2,1H3,(H,27,32)(H,29,31). The van der Waals surface area contributed by atoms with E-state index in [1.54, 1.807) is 37.3 Å². The van der Waals surface area contributed by atoms with Gasteiger partial charge in [0, 0.05) is 17.3 Å². The number of nitrogens with zero attached hydrogens (tertiary/aromatic N) is 2. The third kappa shape index (κ3) is 4.62. The fourth-order valence-electron chi connectivity index (χ4n) is 3.35. The van der Waals surface area contributed by atoms with Crippen molar-refractivity contribution in [2.45, 2.75) is 6.92 Å². The van der Waals surface area contributed by atoms with Crippen molar-refractivity contribution in [3.8, 4) is 5.69 Å². The van der Waals surface area contributed by atoms with E-state index in [2.05, 4.69) is 15.6 Å². The topological polar surface area (TPSA) is 93.1 Å². The molecular weight excluding hydrogens is 430 g/mol. The fourth-order valence-corrected chi connectivity index (χ4v) is 3.35. The maximum absolute atomic E-state index is 13.2. The largest absolute Gasteiger partial charge is 0.343 e. The monoisotopic (exact) mass is 448 g/mol. The van der Waals surface area contributed by atoms with Crippen molar-refractivity contribution < 1.29 is 18.4 Å². The van der Waals surface area contributed by atoms with Crippen LogP contribution in [0.3, 0.4) is 0 Å². The molecule has 9 heteroatoms. The van der Waals surface area contributed by atoms with Gasteiger partial charge in [0.1, 0.15) is 5.82 Å². The zero-order valence-electron chi connectivity index (χ0n) is 17.4. The molecule has 4 rings (SSSR count). The highest BCUT2D eigenvalue weighted by Crippen LogP contribution is 2.14. The van der Waals surface area contributed by atoms with Crippen LogP contribution in [0.1, 0.15) is 16.2 Å². The van der Waals surface area contributed by atoms with Gasteiger partial charge in [-0.15, -0.1) is 0 Å². The Morgan fingerprint density at radius 3 is 2.42 bits per heavy atom. The Kier molecular flexibility index (Phi) is 5.95. The van der Waals surface area contributed by atoms with E-state index in [-0.39, 0.29) is 23.4 Å². The van der Waals surface area contributed by atoms with Crippen molar-refractivity contribution in [1.29, 1.82) is 0 Å². The number of halogens is 2. The molecule has 2 amide bonds. The van der Waals surface area contributed by atoms with E-state index in [9.17, 15) is 23.2 Å². The van der Waals surface area contributed by atoms with Gasteiger partial charge in [0.2, 0.25) is 5.91 Å². The van der Waals surface area contributed by atoms with E-state index in [0.29, 0.717) is 22.4 Å². The molecule has 1 aromatic heterocycles. The molecule has 33 heavy (non-hydrogen) atoms. The quantitative estimate of drug-likeness (QED) is 0.490. The Morgan fingerprint density at radius 1 is 0.970 bits per heavy atom. The lowest BCUT2D eigenvalue weighted by atomic mass is 10.2. The molecule has 0 fully saturated rings. The van der Waals surface area contributed by atoms with E-state index in [1.165, 1.54) is 22.8 Å². The van der Waals surface area contributed by atoms with Crippen molar-refractivity contribution in [3.05, 3.63) is 100 Å². The van der Waals surface area contributed by atoms with Gasteiger partial charge in [0.15, 0.2) is 11.6 Å². The Morgan fingerprint density at radius 2 is 1.70 bits per heavy atom. The van der Waals surface area contributed by atoms with Gasteiger partial charge in [-0.05, 0) is 55.5 Å². The molecule has 0 atom stereocenters. The van der Waals surface area contributed by atoms with Crippen LogP contribution in [-0.2, 0) is 4.79 Å². The minimum Gasteiger partial charge on any atom is -0.343 e. The summed E-state index contributed by atoms with van der Waals surface area (Å²) < 4.78 is 27.6. The smallest absolute Gasteiger partial charge is 0.265 e. The number of aromatic nitrogens is 2. The summed E-state index contributed by atoms with van der Waals surface area (Å²) in [5.41, 5.74) is 1.28. The SMILES string of the molecule is Cc1nc2ccccc2c(=O)n1-c1ccc(C(=O)NCC(=O)Nc2ccc(F)c(F)c2)cc1. The molecule has 0 saturated carbocycles. The summed E-state index contributed by atoms with van der Waals surface area (Å²) >= 11 is 0. The van der Waals surface area contributed by atoms with Crippen LogP contribution < -0.4 is 16.2 Å². The molecule has 7 nitrogen and oxygen atoms in total. The number of rotatable bonds is 5. The third-order valence-electron chi connectivity index (χ3n) is 4.94. The average Bonchev–Trinajstić information content (AvgIpc) is 2.80. The van der Waals surface area contributed by atoms with Crippen LogP contribution in [0.5, 0.6) is 0 Å². The van der Waals surface area contributed by atoms with E-state index in [0.717, 1.165) is 12.1 Å². The first-order chi connectivity index (χ1) is 15.8. The zero-order chi connectivity index (χ0) is 23.5. The minimum atomic E-state index is -1.09. The molecule has 1 heterocycles. The molecular formula is C24H18F2N4O3. The molecule has 0 unspecified atom stereocenters. The van der Waals surface area contributed by atoms with Crippen LogP contribution in [0.4, 0.5) is 14.5 Å². The summed E-state index contributed by atoms with van der Waals surface area (Å²) in [7, 11) is 0. The number of hydrogen-bond acceptors (Lipinski definition) is 4. The fraction of sp³-hybridized carbons (Fsp3) is 0.0833. The normalized spacial score (nSPS) is 10.8. The van der Waals surface area contributed by atoms with Gasteiger partial charge in [-0.3, -0.25) is 19.0 Å². The highest BCUT2D eigenvalue weighted by molar-refractivity contribution is 5.99. The van der Waals surface area contributed by atoms with E-state index in [4.69, 9.17) is 0 Å². The highest BCUT2D eigenvalue weighted by atomic mass is 19.2. The number of para-hydroxylation sites is 1. The number of nitrogens with one attached hydrogen (secondary N) is 2. The van der Waals surface area contributed by atoms with E-state index in [1.807, 2.05) is 6.07 Å². The van der Waals surface area contributed by atoms with Crippen LogP contribution in [0, 0.1) is 18.6 Å². The van der Waals surface area contributed by atoms with Crippen molar-refractivity contribution in [3.63, 3.8) is 0 Å². The molecule has 3 aromatic carbocycles. The van der Waals surface area contributed by atoms with Gasteiger partial charge in [-0.2, -0.15) is 0 Å². The van der Waals surface area contributed by atoms with Crippen molar-refractivity contribution in [1.82, 2.24) is 14.9 Å². The number of fused-ring (bicyclic) bond motifs is 1. The molecule has 0 aliphatic rings. The number of anilines is 1. The van der Waals surface area contributed by atoms with Gasteiger partial charge >= 0.3 is 0 Å². The van der Waals surface area contributed by atoms with Crippen LogP contribution >= 0.6 is 0 Å². The van der Waals surface area contributed by atoms with Crippen LogP contribution in [0.25, 0.3) is 16.6 Å². The number of carbonyl (C=O) groups is 2. The summed E-state index contributed by atoms with van der Waals surface area (Å²) in [6.07, 6.45) is 0. The first-order valence-electron chi connectivity index (χ1n) is 9.95.